The Morgan fingerprint density at radius 3 is 2.38 bits per heavy atom. The van der Waals surface area contributed by atoms with Crippen LogP contribution in [0.3, 0.4) is 0 Å². The average molecular weight is 289 g/mol. The molecule has 0 radical (unpaired) electrons. The molecular weight excluding hydrogens is 270 g/mol. The lowest BCUT2D eigenvalue weighted by atomic mass is 9.98. The monoisotopic (exact) mass is 289 g/mol. The fourth-order valence-corrected chi connectivity index (χ4v) is 2.21. The summed E-state index contributed by atoms with van der Waals surface area (Å²) in [6.07, 6.45) is 3.33. The molecule has 0 aliphatic heterocycles. The van der Waals surface area contributed by atoms with Crippen LogP contribution in [0, 0.1) is 0 Å². The Bertz CT molecular complexity index is 604. The van der Waals surface area contributed by atoms with Crippen molar-refractivity contribution < 1.29 is 14.2 Å². The first kappa shape index (κ1) is 15.1. The molecule has 2 rings (SSSR count). The molecule has 0 saturated carbocycles. The van der Waals surface area contributed by atoms with Crippen LogP contribution >= 0.6 is 0 Å². The molecule has 2 aromatic rings. The third-order valence-corrected chi connectivity index (χ3v) is 3.26. The normalized spacial score (nSPS) is 11.8. The van der Waals surface area contributed by atoms with Gasteiger partial charge in [-0.25, -0.2) is 5.43 Å². The van der Waals surface area contributed by atoms with Gasteiger partial charge in [-0.3, -0.25) is 10.8 Å². The van der Waals surface area contributed by atoms with Gasteiger partial charge < -0.3 is 14.2 Å². The summed E-state index contributed by atoms with van der Waals surface area (Å²) in [6, 6.07) is 7.09. The number of hydrogen-bond donors (Lipinski definition) is 2. The molecule has 6 nitrogen and oxygen atoms in total. The molecular formula is C15H19N3O3. The number of hydrogen-bond acceptors (Lipinski definition) is 6. The van der Waals surface area contributed by atoms with Gasteiger partial charge in [-0.1, -0.05) is 0 Å². The van der Waals surface area contributed by atoms with Gasteiger partial charge in [-0.15, -0.1) is 0 Å². The molecule has 112 valence electrons. The second kappa shape index (κ2) is 6.92. The highest BCUT2D eigenvalue weighted by Crippen LogP contribution is 2.35. The van der Waals surface area contributed by atoms with Crippen molar-refractivity contribution in [1.82, 2.24) is 10.4 Å². The molecule has 1 heterocycles. The Balaban J connectivity index is 2.55. The van der Waals surface area contributed by atoms with E-state index in [0.29, 0.717) is 11.5 Å². The topological polar surface area (TPSA) is 78.6 Å². The maximum atomic E-state index is 5.75. The second-order valence-electron chi connectivity index (χ2n) is 4.33. The van der Waals surface area contributed by atoms with E-state index in [1.165, 1.54) is 0 Å². The number of benzene rings is 1. The minimum absolute atomic E-state index is 0.312. The number of nitrogens with one attached hydrogen (secondary N) is 1. The van der Waals surface area contributed by atoms with Crippen LogP contribution in [-0.4, -0.2) is 26.3 Å². The van der Waals surface area contributed by atoms with E-state index in [9.17, 15) is 0 Å². The first-order valence-corrected chi connectivity index (χ1v) is 6.41. The van der Waals surface area contributed by atoms with Crippen LogP contribution in [-0.2, 0) is 0 Å². The number of aromatic nitrogens is 1. The van der Waals surface area contributed by atoms with E-state index in [-0.39, 0.29) is 6.04 Å². The van der Waals surface area contributed by atoms with Gasteiger partial charge in [0.2, 0.25) is 0 Å². The zero-order chi connectivity index (χ0) is 15.2. The van der Waals surface area contributed by atoms with Crippen LogP contribution < -0.4 is 25.5 Å². The summed E-state index contributed by atoms with van der Waals surface area (Å²) in [6.45, 7) is 0. The molecule has 3 N–H and O–H groups in total. The van der Waals surface area contributed by atoms with E-state index < -0.39 is 0 Å². The quantitative estimate of drug-likeness (QED) is 0.622. The minimum atomic E-state index is -0.312. The molecule has 1 aromatic heterocycles. The van der Waals surface area contributed by atoms with Gasteiger partial charge in [-0.05, 0) is 24.3 Å². The fraction of sp³-hybridized carbons (Fsp3) is 0.267. The molecule has 1 aromatic carbocycles. The van der Waals surface area contributed by atoms with E-state index in [1.54, 1.807) is 33.7 Å². The second-order valence-corrected chi connectivity index (χ2v) is 4.33. The lowest BCUT2D eigenvalue weighted by Gasteiger charge is -2.21. The van der Waals surface area contributed by atoms with Crippen molar-refractivity contribution >= 4 is 0 Å². The van der Waals surface area contributed by atoms with Crippen molar-refractivity contribution in [2.45, 2.75) is 6.04 Å². The van der Waals surface area contributed by atoms with Crippen molar-refractivity contribution in [2.24, 2.45) is 5.84 Å². The fourth-order valence-electron chi connectivity index (χ4n) is 2.21. The Morgan fingerprint density at radius 2 is 1.76 bits per heavy atom. The van der Waals surface area contributed by atoms with Crippen molar-refractivity contribution in [3.05, 3.63) is 47.8 Å². The van der Waals surface area contributed by atoms with Gasteiger partial charge >= 0.3 is 0 Å². The molecule has 0 aliphatic rings. The molecule has 0 amide bonds. The molecule has 0 bridgehead atoms. The van der Waals surface area contributed by atoms with E-state index in [1.807, 2.05) is 24.3 Å². The standard InChI is InChI=1S/C15H19N3O3/c1-19-10-4-5-13(20-2)12(8-10)15(18-16)11-6-7-17-9-14(11)21-3/h4-9,15,18H,16H2,1-3H3. The Morgan fingerprint density at radius 1 is 1.00 bits per heavy atom. The Kier molecular flexibility index (Phi) is 4.97. The van der Waals surface area contributed by atoms with Crippen molar-refractivity contribution in [3.63, 3.8) is 0 Å². The van der Waals surface area contributed by atoms with Crippen molar-refractivity contribution in [2.75, 3.05) is 21.3 Å². The highest BCUT2D eigenvalue weighted by Gasteiger charge is 2.21. The first-order chi connectivity index (χ1) is 10.2. The van der Waals surface area contributed by atoms with E-state index in [4.69, 9.17) is 20.1 Å². The van der Waals surface area contributed by atoms with Gasteiger partial charge in [0.15, 0.2) is 0 Å². The lowest BCUT2D eigenvalue weighted by molar-refractivity contribution is 0.387. The van der Waals surface area contributed by atoms with Crippen molar-refractivity contribution in [3.8, 4) is 17.2 Å². The molecule has 1 unspecified atom stereocenters. The van der Waals surface area contributed by atoms with Crippen LogP contribution in [0.15, 0.2) is 36.7 Å². The smallest absolute Gasteiger partial charge is 0.142 e. The van der Waals surface area contributed by atoms with E-state index in [0.717, 1.165) is 16.9 Å². The molecule has 1 atom stereocenters. The molecule has 21 heavy (non-hydrogen) atoms. The number of hydrazine groups is 1. The predicted molar refractivity (Wildman–Crippen MR) is 79.5 cm³/mol. The molecule has 0 fully saturated rings. The summed E-state index contributed by atoms with van der Waals surface area (Å²) in [4.78, 5) is 4.05. The lowest BCUT2D eigenvalue weighted by Crippen LogP contribution is -2.29. The van der Waals surface area contributed by atoms with Crippen molar-refractivity contribution in [1.29, 1.82) is 0 Å². The van der Waals surface area contributed by atoms with Gasteiger partial charge in [0.1, 0.15) is 17.2 Å². The highest BCUT2D eigenvalue weighted by atomic mass is 16.5. The third kappa shape index (κ3) is 3.07. The molecule has 0 saturated heterocycles. The zero-order valence-electron chi connectivity index (χ0n) is 12.3. The maximum Gasteiger partial charge on any atom is 0.142 e. The number of nitrogens with two attached hydrogens (primary N) is 1. The average Bonchev–Trinajstić information content (AvgIpc) is 2.55. The number of pyridine rings is 1. The first-order valence-electron chi connectivity index (χ1n) is 6.41. The van der Waals surface area contributed by atoms with Crippen LogP contribution in [0.25, 0.3) is 0 Å². The number of ether oxygens (including phenoxy) is 3. The molecule has 6 heteroatoms. The maximum absolute atomic E-state index is 5.75. The summed E-state index contributed by atoms with van der Waals surface area (Å²) in [7, 11) is 4.82. The SMILES string of the molecule is COc1ccc(OC)c(C(NN)c2ccncc2OC)c1. The summed E-state index contributed by atoms with van der Waals surface area (Å²) < 4.78 is 16.0. The molecule has 0 spiro atoms. The van der Waals surface area contributed by atoms with Gasteiger partial charge in [0.05, 0.1) is 33.6 Å². The van der Waals surface area contributed by atoms with Gasteiger partial charge in [0.25, 0.3) is 0 Å². The summed E-state index contributed by atoms with van der Waals surface area (Å²) in [5.41, 5.74) is 4.51. The van der Waals surface area contributed by atoms with Gasteiger partial charge in [-0.2, -0.15) is 0 Å². The Hall–Kier alpha value is -2.31. The summed E-state index contributed by atoms with van der Waals surface area (Å²) in [5.74, 6) is 7.82. The molecule has 0 aliphatic carbocycles. The van der Waals surface area contributed by atoms with Crippen LogP contribution in [0.1, 0.15) is 17.2 Å². The van der Waals surface area contributed by atoms with Crippen LogP contribution in [0.4, 0.5) is 0 Å². The Labute approximate surface area is 123 Å². The van der Waals surface area contributed by atoms with E-state index >= 15 is 0 Å². The predicted octanol–water partition coefficient (Wildman–Crippen LogP) is 1.66. The van der Waals surface area contributed by atoms with Crippen LogP contribution in [0.5, 0.6) is 17.2 Å². The minimum Gasteiger partial charge on any atom is -0.497 e. The third-order valence-electron chi connectivity index (χ3n) is 3.26. The zero-order valence-corrected chi connectivity index (χ0v) is 12.3. The van der Waals surface area contributed by atoms with Crippen LogP contribution in [0.2, 0.25) is 0 Å². The van der Waals surface area contributed by atoms with Gasteiger partial charge in [0, 0.05) is 17.3 Å². The summed E-state index contributed by atoms with van der Waals surface area (Å²) in [5, 5.41) is 0. The number of rotatable bonds is 6. The van der Waals surface area contributed by atoms with E-state index in [2.05, 4.69) is 10.4 Å². The highest BCUT2D eigenvalue weighted by molar-refractivity contribution is 5.48. The summed E-state index contributed by atoms with van der Waals surface area (Å²) >= 11 is 0. The number of nitrogens with zero attached hydrogens (tertiary/aromatic N) is 1. The largest absolute Gasteiger partial charge is 0.497 e. The number of methoxy groups -OCH3 is 3.